The van der Waals surface area contributed by atoms with Crippen LogP contribution in [0.5, 0.6) is 5.75 Å². The van der Waals surface area contributed by atoms with Crippen LogP contribution < -0.4 is 5.32 Å². The Balaban J connectivity index is 2.08. The number of nitrogens with zero attached hydrogens (tertiary/aromatic N) is 1. The Labute approximate surface area is 133 Å². The predicted molar refractivity (Wildman–Crippen MR) is 86.8 cm³/mol. The maximum absolute atomic E-state index is 10.0. The summed E-state index contributed by atoms with van der Waals surface area (Å²) in [4.78, 5) is 0. The molecule has 0 saturated heterocycles. The summed E-state index contributed by atoms with van der Waals surface area (Å²) in [5, 5.41) is 22.2. The van der Waals surface area contributed by atoms with Gasteiger partial charge in [0.15, 0.2) is 0 Å². The molecular formula is C17H17BrN2O. The van der Waals surface area contributed by atoms with Crippen molar-refractivity contribution in [2.75, 3.05) is 0 Å². The fraction of sp³-hybridized carbons (Fsp3) is 0.235. The average molecular weight is 345 g/mol. The van der Waals surface area contributed by atoms with Crippen molar-refractivity contribution in [1.29, 1.82) is 5.26 Å². The van der Waals surface area contributed by atoms with Crippen LogP contribution in [0.2, 0.25) is 0 Å². The molecule has 0 aliphatic heterocycles. The van der Waals surface area contributed by atoms with Crippen molar-refractivity contribution in [2.45, 2.75) is 25.9 Å². The van der Waals surface area contributed by atoms with E-state index < -0.39 is 0 Å². The number of halogens is 1. The SMILES string of the molecule is CCC(NCc1ccc(C#N)cc1)c1cc(Br)ccc1O. The largest absolute Gasteiger partial charge is 0.508 e. The molecule has 0 saturated carbocycles. The fourth-order valence-corrected chi connectivity index (χ4v) is 2.60. The van der Waals surface area contributed by atoms with Crippen LogP contribution in [0, 0.1) is 11.3 Å². The van der Waals surface area contributed by atoms with Crippen LogP contribution in [0.15, 0.2) is 46.9 Å². The highest BCUT2D eigenvalue weighted by molar-refractivity contribution is 9.10. The molecule has 0 amide bonds. The molecule has 0 aliphatic carbocycles. The zero-order valence-electron chi connectivity index (χ0n) is 11.8. The van der Waals surface area contributed by atoms with E-state index in [-0.39, 0.29) is 6.04 Å². The zero-order valence-corrected chi connectivity index (χ0v) is 13.4. The van der Waals surface area contributed by atoms with Crippen molar-refractivity contribution in [3.8, 4) is 11.8 Å². The Morgan fingerprint density at radius 3 is 2.57 bits per heavy atom. The highest BCUT2D eigenvalue weighted by Crippen LogP contribution is 2.29. The molecule has 2 rings (SSSR count). The van der Waals surface area contributed by atoms with Crippen LogP contribution in [0.3, 0.4) is 0 Å². The minimum atomic E-state index is 0.0816. The van der Waals surface area contributed by atoms with Gasteiger partial charge in [-0.2, -0.15) is 5.26 Å². The van der Waals surface area contributed by atoms with Crippen molar-refractivity contribution >= 4 is 15.9 Å². The van der Waals surface area contributed by atoms with E-state index in [1.165, 1.54) is 0 Å². The minimum Gasteiger partial charge on any atom is -0.508 e. The number of nitriles is 1. The number of benzene rings is 2. The van der Waals surface area contributed by atoms with Gasteiger partial charge in [-0.05, 0) is 42.3 Å². The topological polar surface area (TPSA) is 56.0 Å². The Bertz CT molecular complexity index is 647. The highest BCUT2D eigenvalue weighted by Gasteiger charge is 2.13. The van der Waals surface area contributed by atoms with Gasteiger partial charge in [-0.1, -0.05) is 35.0 Å². The van der Waals surface area contributed by atoms with Gasteiger partial charge < -0.3 is 10.4 Å². The lowest BCUT2D eigenvalue weighted by Gasteiger charge is -2.19. The average Bonchev–Trinajstić information content (AvgIpc) is 2.51. The summed E-state index contributed by atoms with van der Waals surface area (Å²) < 4.78 is 0.953. The molecule has 2 aromatic carbocycles. The monoisotopic (exact) mass is 344 g/mol. The number of phenols is 1. The lowest BCUT2D eigenvalue weighted by atomic mass is 10.0. The van der Waals surface area contributed by atoms with Gasteiger partial charge in [-0.25, -0.2) is 0 Å². The summed E-state index contributed by atoms with van der Waals surface area (Å²) in [6.45, 7) is 2.77. The van der Waals surface area contributed by atoms with Crippen molar-refractivity contribution < 1.29 is 5.11 Å². The Hall–Kier alpha value is -1.83. The van der Waals surface area contributed by atoms with Crippen molar-refractivity contribution in [1.82, 2.24) is 5.32 Å². The van der Waals surface area contributed by atoms with Gasteiger partial charge in [0, 0.05) is 22.6 Å². The van der Waals surface area contributed by atoms with Crippen LogP contribution in [0.25, 0.3) is 0 Å². The first-order chi connectivity index (χ1) is 10.1. The van der Waals surface area contributed by atoms with Gasteiger partial charge in [0.25, 0.3) is 0 Å². The van der Waals surface area contributed by atoms with Gasteiger partial charge in [0.2, 0.25) is 0 Å². The van der Waals surface area contributed by atoms with E-state index >= 15 is 0 Å². The van der Waals surface area contributed by atoms with E-state index in [0.717, 1.165) is 22.0 Å². The van der Waals surface area contributed by atoms with E-state index in [0.29, 0.717) is 17.9 Å². The van der Waals surface area contributed by atoms with Crippen LogP contribution in [0.4, 0.5) is 0 Å². The van der Waals surface area contributed by atoms with Crippen molar-refractivity contribution in [2.24, 2.45) is 0 Å². The van der Waals surface area contributed by atoms with Crippen LogP contribution in [-0.2, 0) is 6.54 Å². The summed E-state index contributed by atoms with van der Waals surface area (Å²) in [5.74, 6) is 0.303. The van der Waals surface area contributed by atoms with Gasteiger partial charge in [-0.15, -0.1) is 0 Å². The lowest BCUT2D eigenvalue weighted by molar-refractivity contribution is 0.440. The summed E-state index contributed by atoms with van der Waals surface area (Å²) in [7, 11) is 0. The summed E-state index contributed by atoms with van der Waals surface area (Å²) in [5.41, 5.74) is 2.66. The third kappa shape index (κ3) is 4.07. The molecule has 21 heavy (non-hydrogen) atoms. The highest BCUT2D eigenvalue weighted by atomic mass is 79.9. The molecule has 0 spiro atoms. The van der Waals surface area contributed by atoms with Gasteiger partial charge in [-0.3, -0.25) is 0 Å². The predicted octanol–water partition coefficient (Wildman–Crippen LogP) is 4.27. The quantitative estimate of drug-likeness (QED) is 0.851. The first kappa shape index (κ1) is 15.6. The molecular weight excluding hydrogens is 328 g/mol. The van der Waals surface area contributed by atoms with Crippen molar-refractivity contribution in [3.63, 3.8) is 0 Å². The molecule has 0 aliphatic rings. The van der Waals surface area contributed by atoms with Gasteiger partial charge >= 0.3 is 0 Å². The Kier molecular flexibility index (Phi) is 5.38. The molecule has 3 nitrogen and oxygen atoms in total. The summed E-state index contributed by atoms with van der Waals surface area (Å²) in [6, 6.07) is 15.2. The molecule has 2 N–H and O–H groups in total. The van der Waals surface area contributed by atoms with Crippen LogP contribution >= 0.6 is 15.9 Å². The molecule has 2 aromatic rings. The second-order valence-electron chi connectivity index (χ2n) is 4.85. The first-order valence-electron chi connectivity index (χ1n) is 6.85. The number of hydrogen-bond acceptors (Lipinski definition) is 3. The number of nitrogens with one attached hydrogen (secondary N) is 1. The molecule has 0 fully saturated rings. The number of aromatic hydroxyl groups is 1. The number of hydrogen-bond donors (Lipinski definition) is 2. The molecule has 0 aromatic heterocycles. The van der Waals surface area contributed by atoms with E-state index in [4.69, 9.17) is 5.26 Å². The normalized spacial score (nSPS) is 11.9. The van der Waals surface area contributed by atoms with Gasteiger partial charge in [0.05, 0.1) is 11.6 Å². The van der Waals surface area contributed by atoms with E-state index in [1.54, 1.807) is 6.07 Å². The Morgan fingerprint density at radius 2 is 1.95 bits per heavy atom. The maximum Gasteiger partial charge on any atom is 0.120 e. The second-order valence-corrected chi connectivity index (χ2v) is 5.77. The standard InChI is InChI=1S/C17H17BrN2O/c1-2-16(15-9-14(18)7-8-17(15)21)20-11-13-5-3-12(10-19)4-6-13/h3-9,16,20-21H,2,11H2,1H3. The van der Waals surface area contributed by atoms with Crippen molar-refractivity contribution in [3.05, 3.63) is 63.6 Å². The Morgan fingerprint density at radius 1 is 1.24 bits per heavy atom. The molecule has 108 valence electrons. The summed E-state index contributed by atoms with van der Waals surface area (Å²) >= 11 is 3.44. The first-order valence-corrected chi connectivity index (χ1v) is 7.64. The van der Waals surface area contributed by atoms with E-state index in [1.807, 2.05) is 36.4 Å². The number of phenolic OH excluding ortho intramolecular Hbond substituents is 1. The molecule has 0 heterocycles. The third-order valence-corrected chi connectivity index (χ3v) is 3.90. The smallest absolute Gasteiger partial charge is 0.120 e. The van der Waals surface area contributed by atoms with Crippen LogP contribution in [-0.4, -0.2) is 5.11 Å². The minimum absolute atomic E-state index is 0.0816. The molecule has 1 atom stereocenters. The number of rotatable bonds is 5. The van der Waals surface area contributed by atoms with Gasteiger partial charge in [0.1, 0.15) is 5.75 Å². The third-order valence-electron chi connectivity index (χ3n) is 3.41. The summed E-state index contributed by atoms with van der Waals surface area (Å²) in [6.07, 6.45) is 0.875. The van der Waals surface area contributed by atoms with Crippen LogP contribution in [0.1, 0.15) is 36.1 Å². The fourth-order valence-electron chi connectivity index (χ4n) is 2.22. The second kappa shape index (κ2) is 7.26. The molecule has 4 heteroatoms. The molecule has 0 radical (unpaired) electrons. The maximum atomic E-state index is 10.0. The van der Waals surface area contributed by atoms with E-state index in [2.05, 4.69) is 34.2 Å². The zero-order chi connectivity index (χ0) is 15.2. The lowest BCUT2D eigenvalue weighted by Crippen LogP contribution is -2.20. The van der Waals surface area contributed by atoms with E-state index in [9.17, 15) is 5.11 Å². The molecule has 1 unspecified atom stereocenters. The molecule has 0 bridgehead atoms.